The average Bonchev–Trinajstić information content (AvgIpc) is 2.55. The van der Waals surface area contributed by atoms with E-state index in [2.05, 4.69) is 46.1 Å². The summed E-state index contributed by atoms with van der Waals surface area (Å²) in [7, 11) is 4.04. The van der Waals surface area contributed by atoms with Crippen molar-refractivity contribution < 1.29 is 0 Å². The summed E-state index contributed by atoms with van der Waals surface area (Å²) in [5, 5.41) is 0.601. The Labute approximate surface area is 135 Å². The Kier molecular flexibility index (Phi) is 4.21. The quantitative estimate of drug-likeness (QED) is 0.742. The first-order valence-corrected chi connectivity index (χ1v) is 7.58. The standard InChI is InChI=1S/C18H20N4O/c1-13-4-6-14(7-5-13)17(21(2)3)11-22-12-20-16-10-19-9-8-15(16)18(22)23/h4-10,12,17H,11H2,1-3H3/t17-/m0/s1. The number of aromatic nitrogens is 3. The van der Waals surface area contributed by atoms with Crippen LogP contribution in [0.15, 0.2) is 53.8 Å². The zero-order valence-corrected chi connectivity index (χ0v) is 13.6. The van der Waals surface area contributed by atoms with Crippen molar-refractivity contribution in [1.29, 1.82) is 0 Å². The highest BCUT2D eigenvalue weighted by molar-refractivity contribution is 5.75. The van der Waals surface area contributed by atoms with Crippen LogP contribution in [-0.2, 0) is 6.54 Å². The summed E-state index contributed by atoms with van der Waals surface area (Å²) >= 11 is 0. The van der Waals surface area contributed by atoms with Gasteiger partial charge in [0.05, 0.1) is 29.5 Å². The minimum Gasteiger partial charge on any atom is -0.301 e. The lowest BCUT2D eigenvalue weighted by atomic mass is 10.0. The number of hydrogen-bond donors (Lipinski definition) is 0. The molecule has 0 saturated carbocycles. The minimum absolute atomic E-state index is 0.0311. The fraction of sp³-hybridized carbons (Fsp3) is 0.278. The molecule has 0 aliphatic rings. The highest BCUT2D eigenvalue weighted by Gasteiger charge is 2.16. The summed E-state index contributed by atoms with van der Waals surface area (Å²) in [5.74, 6) is 0. The van der Waals surface area contributed by atoms with Crippen LogP contribution >= 0.6 is 0 Å². The molecule has 0 radical (unpaired) electrons. The van der Waals surface area contributed by atoms with Crippen LogP contribution in [0.4, 0.5) is 0 Å². The molecule has 0 unspecified atom stereocenters. The molecule has 0 fully saturated rings. The summed E-state index contributed by atoms with van der Waals surface area (Å²) in [4.78, 5) is 23.1. The van der Waals surface area contributed by atoms with Crippen LogP contribution in [0.2, 0.25) is 0 Å². The maximum Gasteiger partial charge on any atom is 0.261 e. The Hall–Kier alpha value is -2.53. The number of fused-ring (bicyclic) bond motifs is 1. The molecule has 2 aromatic heterocycles. The monoisotopic (exact) mass is 308 g/mol. The van der Waals surface area contributed by atoms with E-state index in [1.807, 2.05) is 14.1 Å². The van der Waals surface area contributed by atoms with E-state index in [9.17, 15) is 4.79 Å². The smallest absolute Gasteiger partial charge is 0.261 e. The van der Waals surface area contributed by atoms with Gasteiger partial charge < -0.3 is 4.90 Å². The summed E-state index contributed by atoms with van der Waals surface area (Å²) < 4.78 is 1.67. The normalized spacial score (nSPS) is 12.7. The van der Waals surface area contributed by atoms with E-state index in [1.165, 1.54) is 11.1 Å². The van der Waals surface area contributed by atoms with Gasteiger partial charge in [-0.25, -0.2) is 4.98 Å². The highest BCUT2D eigenvalue weighted by atomic mass is 16.1. The molecule has 3 aromatic rings. The Morgan fingerprint density at radius 1 is 1.17 bits per heavy atom. The van der Waals surface area contributed by atoms with Gasteiger partial charge in [-0.2, -0.15) is 0 Å². The van der Waals surface area contributed by atoms with E-state index in [0.717, 1.165) is 0 Å². The zero-order chi connectivity index (χ0) is 16.4. The average molecular weight is 308 g/mol. The van der Waals surface area contributed by atoms with Gasteiger partial charge in [-0.15, -0.1) is 0 Å². The number of likely N-dealkylation sites (N-methyl/N-ethyl adjacent to an activating group) is 1. The van der Waals surface area contributed by atoms with Gasteiger partial charge in [0, 0.05) is 12.7 Å². The third-order valence-corrected chi connectivity index (χ3v) is 4.08. The van der Waals surface area contributed by atoms with Gasteiger partial charge in [-0.1, -0.05) is 29.8 Å². The second-order valence-electron chi connectivity index (χ2n) is 5.99. The lowest BCUT2D eigenvalue weighted by Crippen LogP contribution is -2.30. The number of rotatable bonds is 4. The lowest BCUT2D eigenvalue weighted by molar-refractivity contribution is 0.266. The summed E-state index contributed by atoms with van der Waals surface area (Å²) in [5.41, 5.74) is 3.01. The lowest BCUT2D eigenvalue weighted by Gasteiger charge is -2.25. The van der Waals surface area contributed by atoms with Crippen LogP contribution in [0.5, 0.6) is 0 Å². The molecule has 5 nitrogen and oxygen atoms in total. The molecular weight excluding hydrogens is 288 g/mol. The number of hydrogen-bond acceptors (Lipinski definition) is 4. The first-order chi connectivity index (χ1) is 11.1. The molecule has 0 spiro atoms. The Morgan fingerprint density at radius 2 is 1.91 bits per heavy atom. The van der Waals surface area contributed by atoms with E-state index in [1.54, 1.807) is 29.4 Å². The van der Waals surface area contributed by atoms with Gasteiger partial charge in [0.15, 0.2) is 0 Å². The van der Waals surface area contributed by atoms with Crippen molar-refractivity contribution in [2.75, 3.05) is 14.1 Å². The fourth-order valence-electron chi connectivity index (χ4n) is 2.68. The number of aryl methyl sites for hydroxylation is 1. The van der Waals surface area contributed by atoms with Crippen molar-refractivity contribution in [3.63, 3.8) is 0 Å². The zero-order valence-electron chi connectivity index (χ0n) is 13.6. The number of pyridine rings is 1. The van der Waals surface area contributed by atoms with Crippen molar-refractivity contribution in [2.24, 2.45) is 0 Å². The van der Waals surface area contributed by atoms with Gasteiger partial charge in [-0.05, 0) is 32.6 Å². The molecule has 3 rings (SSSR count). The maximum absolute atomic E-state index is 12.6. The molecular formula is C18H20N4O. The van der Waals surface area contributed by atoms with Crippen molar-refractivity contribution in [3.8, 4) is 0 Å². The molecule has 1 aromatic carbocycles. The molecule has 0 aliphatic heterocycles. The van der Waals surface area contributed by atoms with Gasteiger partial charge in [0.2, 0.25) is 0 Å². The van der Waals surface area contributed by atoms with E-state index >= 15 is 0 Å². The van der Waals surface area contributed by atoms with Crippen LogP contribution in [0, 0.1) is 6.92 Å². The van der Waals surface area contributed by atoms with Crippen molar-refractivity contribution in [1.82, 2.24) is 19.4 Å². The molecule has 0 amide bonds. The maximum atomic E-state index is 12.6. The largest absolute Gasteiger partial charge is 0.301 e. The minimum atomic E-state index is -0.0311. The Morgan fingerprint density at radius 3 is 2.61 bits per heavy atom. The van der Waals surface area contributed by atoms with Crippen molar-refractivity contribution in [3.05, 3.63) is 70.5 Å². The van der Waals surface area contributed by atoms with E-state index in [-0.39, 0.29) is 11.6 Å². The van der Waals surface area contributed by atoms with Gasteiger partial charge in [-0.3, -0.25) is 14.3 Å². The summed E-state index contributed by atoms with van der Waals surface area (Å²) in [6.07, 6.45) is 4.85. The topological polar surface area (TPSA) is 51.0 Å². The van der Waals surface area contributed by atoms with E-state index in [0.29, 0.717) is 17.4 Å². The van der Waals surface area contributed by atoms with Crippen LogP contribution < -0.4 is 5.56 Å². The molecule has 5 heteroatoms. The van der Waals surface area contributed by atoms with Gasteiger partial charge in [0.25, 0.3) is 5.56 Å². The molecule has 0 aliphatic carbocycles. The summed E-state index contributed by atoms with van der Waals surface area (Å²) in [6.45, 7) is 2.63. The predicted molar refractivity (Wildman–Crippen MR) is 91.4 cm³/mol. The number of benzene rings is 1. The second-order valence-corrected chi connectivity index (χ2v) is 5.99. The highest BCUT2D eigenvalue weighted by Crippen LogP contribution is 2.20. The van der Waals surface area contributed by atoms with Gasteiger partial charge >= 0.3 is 0 Å². The second kappa shape index (κ2) is 6.30. The van der Waals surface area contributed by atoms with Gasteiger partial charge in [0.1, 0.15) is 0 Å². The van der Waals surface area contributed by atoms with Crippen LogP contribution in [0.3, 0.4) is 0 Å². The summed E-state index contributed by atoms with van der Waals surface area (Å²) in [6, 6.07) is 10.2. The first kappa shape index (κ1) is 15.4. The molecule has 1 atom stereocenters. The third kappa shape index (κ3) is 3.14. The van der Waals surface area contributed by atoms with Crippen LogP contribution in [0.25, 0.3) is 10.9 Å². The van der Waals surface area contributed by atoms with E-state index < -0.39 is 0 Å². The first-order valence-electron chi connectivity index (χ1n) is 7.58. The van der Waals surface area contributed by atoms with Crippen LogP contribution in [0.1, 0.15) is 17.2 Å². The predicted octanol–water partition coefficient (Wildman–Crippen LogP) is 2.40. The molecule has 118 valence electrons. The van der Waals surface area contributed by atoms with E-state index in [4.69, 9.17) is 0 Å². The number of nitrogens with zero attached hydrogens (tertiary/aromatic N) is 4. The molecule has 0 saturated heterocycles. The molecule has 0 N–H and O–H groups in total. The molecule has 0 bridgehead atoms. The Balaban J connectivity index is 1.99. The SMILES string of the molecule is Cc1ccc([C@H](Cn2cnc3cnccc3c2=O)N(C)C)cc1. The van der Waals surface area contributed by atoms with Crippen molar-refractivity contribution in [2.45, 2.75) is 19.5 Å². The van der Waals surface area contributed by atoms with Crippen LogP contribution in [-0.4, -0.2) is 33.5 Å². The third-order valence-electron chi connectivity index (χ3n) is 4.08. The molecule has 2 heterocycles. The Bertz CT molecular complexity index is 868. The fourth-order valence-corrected chi connectivity index (χ4v) is 2.68. The van der Waals surface area contributed by atoms with Crippen molar-refractivity contribution >= 4 is 10.9 Å². The molecule has 23 heavy (non-hydrogen) atoms.